The molecule has 1 amide bonds. The molecular formula is C17H19N3O3S2. The van der Waals surface area contributed by atoms with Crippen molar-refractivity contribution in [2.24, 2.45) is 4.99 Å². The number of aliphatic imine (C=N–C) groups is 1. The van der Waals surface area contributed by atoms with Crippen LogP contribution in [0.1, 0.15) is 31.7 Å². The highest BCUT2D eigenvalue weighted by atomic mass is 32.2. The molecule has 2 aliphatic rings. The zero-order valence-electron chi connectivity index (χ0n) is 14.0. The Balaban J connectivity index is 2.08. The number of amidine groups is 1. The minimum absolute atomic E-state index is 0.0581. The number of carbonyl (C=O) groups is 1. The highest BCUT2D eigenvalue weighted by Crippen LogP contribution is 2.43. The molecule has 3 rings (SSSR count). The number of anilines is 1. The molecule has 2 saturated heterocycles. The van der Waals surface area contributed by atoms with E-state index in [-0.39, 0.29) is 35.1 Å². The SMILES string of the molecule is CC(C)c1ccccc1N1C(=NC(=O)CC#N)S[C@H]2CS(=O)(=O)C[C@H]21. The van der Waals surface area contributed by atoms with Gasteiger partial charge in [-0.2, -0.15) is 10.3 Å². The van der Waals surface area contributed by atoms with Crippen LogP contribution < -0.4 is 4.90 Å². The molecule has 0 saturated carbocycles. The lowest BCUT2D eigenvalue weighted by Crippen LogP contribution is -2.38. The molecule has 2 fully saturated rings. The van der Waals surface area contributed by atoms with Crippen molar-refractivity contribution < 1.29 is 13.2 Å². The molecule has 2 aliphatic heterocycles. The fourth-order valence-electron chi connectivity index (χ4n) is 3.26. The summed E-state index contributed by atoms with van der Waals surface area (Å²) in [6, 6.07) is 9.37. The molecule has 0 unspecified atom stereocenters. The highest BCUT2D eigenvalue weighted by molar-refractivity contribution is 8.16. The number of sulfone groups is 1. The number of para-hydroxylation sites is 1. The summed E-state index contributed by atoms with van der Waals surface area (Å²) >= 11 is 1.33. The normalized spacial score (nSPS) is 26.0. The van der Waals surface area contributed by atoms with E-state index in [4.69, 9.17) is 5.26 Å². The first-order valence-electron chi connectivity index (χ1n) is 8.06. The number of nitrogens with zero attached hydrogens (tertiary/aromatic N) is 3. The first-order valence-corrected chi connectivity index (χ1v) is 10.8. The quantitative estimate of drug-likeness (QED) is 0.803. The summed E-state index contributed by atoms with van der Waals surface area (Å²) in [5, 5.41) is 9.06. The van der Waals surface area contributed by atoms with Crippen molar-refractivity contribution in [3.8, 4) is 6.07 Å². The van der Waals surface area contributed by atoms with E-state index in [2.05, 4.69) is 18.8 Å². The first kappa shape index (κ1) is 18.0. The van der Waals surface area contributed by atoms with Crippen molar-refractivity contribution in [2.75, 3.05) is 16.4 Å². The van der Waals surface area contributed by atoms with E-state index in [1.807, 2.05) is 35.2 Å². The van der Waals surface area contributed by atoms with Crippen LogP contribution in [0.25, 0.3) is 0 Å². The molecule has 0 aliphatic carbocycles. The Labute approximate surface area is 151 Å². The molecule has 1 aromatic carbocycles. The van der Waals surface area contributed by atoms with Gasteiger partial charge in [-0.1, -0.05) is 43.8 Å². The van der Waals surface area contributed by atoms with Gasteiger partial charge < -0.3 is 4.90 Å². The molecule has 0 aromatic heterocycles. The van der Waals surface area contributed by atoms with Gasteiger partial charge in [0.05, 0.1) is 23.6 Å². The Bertz CT molecular complexity index is 871. The molecule has 0 radical (unpaired) electrons. The minimum atomic E-state index is -3.10. The number of hydrogen-bond donors (Lipinski definition) is 0. The van der Waals surface area contributed by atoms with Crippen molar-refractivity contribution in [1.82, 2.24) is 0 Å². The summed E-state index contributed by atoms with van der Waals surface area (Å²) in [4.78, 5) is 17.9. The van der Waals surface area contributed by atoms with E-state index in [0.29, 0.717) is 5.17 Å². The maximum Gasteiger partial charge on any atom is 0.262 e. The highest BCUT2D eigenvalue weighted by Gasteiger charge is 2.49. The molecule has 1 aromatic rings. The minimum Gasteiger partial charge on any atom is -0.315 e. The van der Waals surface area contributed by atoms with Crippen molar-refractivity contribution in [1.29, 1.82) is 5.26 Å². The molecule has 0 N–H and O–H groups in total. The second-order valence-corrected chi connectivity index (χ2v) is 9.87. The summed E-state index contributed by atoms with van der Waals surface area (Å²) in [7, 11) is -3.10. The average Bonchev–Trinajstić information content (AvgIpc) is 2.98. The summed E-state index contributed by atoms with van der Waals surface area (Å²) in [6.45, 7) is 4.14. The number of thioether (sulfide) groups is 1. The predicted octanol–water partition coefficient (Wildman–Crippen LogP) is 2.33. The van der Waals surface area contributed by atoms with Gasteiger partial charge in [-0.25, -0.2) is 8.42 Å². The van der Waals surface area contributed by atoms with Gasteiger partial charge in [-0.05, 0) is 17.5 Å². The number of carbonyl (C=O) groups excluding carboxylic acids is 1. The number of nitriles is 1. The van der Waals surface area contributed by atoms with Crippen molar-refractivity contribution in [3.05, 3.63) is 29.8 Å². The molecule has 25 heavy (non-hydrogen) atoms. The molecule has 2 heterocycles. The fourth-order valence-corrected chi connectivity index (χ4v) is 7.18. The molecule has 2 atom stereocenters. The number of rotatable bonds is 3. The van der Waals surface area contributed by atoms with Crippen LogP contribution in [-0.2, 0) is 14.6 Å². The Morgan fingerprint density at radius 3 is 2.80 bits per heavy atom. The van der Waals surface area contributed by atoms with Crippen LogP contribution >= 0.6 is 11.8 Å². The monoisotopic (exact) mass is 377 g/mol. The van der Waals surface area contributed by atoms with Gasteiger partial charge in [0.25, 0.3) is 5.91 Å². The number of hydrogen-bond acceptors (Lipinski definition) is 5. The lowest BCUT2D eigenvalue weighted by Gasteiger charge is -2.28. The standard InChI is InChI=1S/C17H19N3O3S2/c1-11(2)12-5-3-4-6-13(12)20-14-9-25(22,23)10-15(14)24-17(20)19-16(21)7-8-18/h3-6,11,14-15H,7,9-10H2,1-2H3/t14-,15+/m1/s1. The average molecular weight is 377 g/mol. The third-order valence-corrected chi connectivity index (χ3v) is 7.55. The molecule has 0 spiro atoms. The molecule has 6 nitrogen and oxygen atoms in total. The van der Waals surface area contributed by atoms with Crippen molar-refractivity contribution in [2.45, 2.75) is 37.5 Å². The summed E-state index contributed by atoms with van der Waals surface area (Å²) < 4.78 is 24.2. The predicted molar refractivity (Wildman–Crippen MR) is 99.5 cm³/mol. The Kier molecular flexibility index (Phi) is 4.89. The van der Waals surface area contributed by atoms with Gasteiger partial charge >= 0.3 is 0 Å². The van der Waals surface area contributed by atoms with Crippen molar-refractivity contribution in [3.63, 3.8) is 0 Å². The smallest absolute Gasteiger partial charge is 0.262 e. The van der Waals surface area contributed by atoms with Gasteiger partial charge in [0.1, 0.15) is 6.42 Å². The van der Waals surface area contributed by atoms with Crippen LogP contribution in [0.4, 0.5) is 5.69 Å². The molecule has 8 heteroatoms. The molecule has 0 bridgehead atoms. The third-order valence-electron chi connectivity index (χ3n) is 4.34. The van der Waals surface area contributed by atoms with E-state index < -0.39 is 15.7 Å². The Morgan fingerprint density at radius 2 is 2.12 bits per heavy atom. The largest absolute Gasteiger partial charge is 0.315 e. The maximum absolute atomic E-state index is 12.1. The third kappa shape index (κ3) is 3.58. The second-order valence-electron chi connectivity index (χ2n) is 6.51. The number of fused-ring (bicyclic) bond motifs is 1. The van der Waals surface area contributed by atoms with Gasteiger partial charge in [-0.15, -0.1) is 0 Å². The number of amides is 1. The Morgan fingerprint density at radius 1 is 1.40 bits per heavy atom. The number of benzene rings is 1. The lowest BCUT2D eigenvalue weighted by molar-refractivity contribution is -0.116. The van der Waals surface area contributed by atoms with Crippen molar-refractivity contribution >= 4 is 38.4 Å². The van der Waals surface area contributed by atoms with Crippen LogP contribution in [0.2, 0.25) is 0 Å². The van der Waals surface area contributed by atoms with E-state index >= 15 is 0 Å². The first-order chi connectivity index (χ1) is 11.8. The van der Waals surface area contributed by atoms with Gasteiger partial charge in [0, 0.05) is 10.9 Å². The molecular weight excluding hydrogens is 358 g/mol. The second kappa shape index (κ2) is 6.81. The molecule has 132 valence electrons. The topological polar surface area (TPSA) is 90.6 Å². The lowest BCUT2D eigenvalue weighted by atomic mass is 9.99. The fraction of sp³-hybridized carbons (Fsp3) is 0.471. The zero-order valence-corrected chi connectivity index (χ0v) is 15.7. The summed E-state index contributed by atoms with van der Waals surface area (Å²) in [5.41, 5.74) is 1.96. The van der Waals surface area contributed by atoms with Crippen LogP contribution in [-0.4, -0.2) is 42.3 Å². The van der Waals surface area contributed by atoms with Gasteiger partial charge in [-0.3, -0.25) is 4.79 Å². The van der Waals surface area contributed by atoms with Crippen LogP contribution in [0, 0.1) is 11.3 Å². The zero-order chi connectivity index (χ0) is 18.2. The van der Waals surface area contributed by atoms with Gasteiger partial charge in [0.15, 0.2) is 15.0 Å². The van der Waals surface area contributed by atoms with Crippen LogP contribution in [0.5, 0.6) is 0 Å². The van der Waals surface area contributed by atoms with Crippen LogP contribution in [0.3, 0.4) is 0 Å². The van der Waals surface area contributed by atoms with Crippen LogP contribution in [0.15, 0.2) is 29.3 Å². The maximum atomic E-state index is 12.1. The van der Waals surface area contributed by atoms with E-state index in [1.54, 1.807) is 0 Å². The summed E-state index contributed by atoms with van der Waals surface area (Å²) in [6.07, 6.45) is -0.280. The summed E-state index contributed by atoms with van der Waals surface area (Å²) in [5.74, 6) is -0.106. The Hall–Kier alpha value is -1.85. The van der Waals surface area contributed by atoms with E-state index in [9.17, 15) is 13.2 Å². The van der Waals surface area contributed by atoms with E-state index in [0.717, 1.165) is 11.3 Å². The van der Waals surface area contributed by atoms with Gasteiger partial charge in [0.2, 0.25) is 0 Å². The van der Waals surface area contributed by atoms with E-state index in [1.165, 1.54) is 11.8 Å².